The van der Waals surface area contributed by atoms with Crippen molar-refractivity contribution in [2.24, 2.45) is 0 Å². The van der Waals surface area contributed by atoms with Gasteiger partial charge in [-0.3, -0.25) is 4.79 Å². The largest absolute Gasteiger partial charge is 0.389 e. The molecule has 1 fully saturated rings. The van der Waals surface area contributed by atoms with E-state index in [1.165, 1.54) is 12.1 Å². The molecule has 0 atom stereocenters. The van der Waals surface area contributed by atoms with Gasteiger partial charge in [0, 0.05) is 13.1 Å². The molecule has 21 heavy (non-hydrogen) atoms. The topological polar surface area (TPSA) is 40.5 Å². The van der Waals surface area contributed by atoms with Gasteiger partial charge in [-0.25, -0.2) is 4.39 Å². The Hall–Kier alpha value is -1.42. The predicted octanol–water partition coefficient (Wildman–Crippen LogP) is 2.87. The summed E-state index contributed by atoms with van der Waals surface area (Å²) in [4.78, 5) is 14.7. The van der Waals surface area contributed by atoms with Crippen LogP contribution >= 0.6 is 0 Å². The second-order valence-electron chi connectivity index (χ2n) is 6.57. The van der Waals surface area contributed by atoms with Crippen molar-refractivity contribution in [3.63, 3.8) is 0 Å². The second kappa shape index (κ2) is 5.76. The minimum absolute atomic E-state index is 0.0463. The van der Waals surface area contributed by atoms with Crippen molar-refractivity contribution in [2.45, 2.75) is 51.0 Å². The fraction of sp³-hybridized carbons (Fsp3) is 0.588. The van der Waals surface area contributed by atoms with Crippen LogP contribution < -0.4 is 0 Å². The molecule has 1 aliphatic carbocycles. The van der Waals surface area contributed by atoms with Gasteiger partial charge in [0.1, 0.15) is 5.82 Å². The van der Waals surface area contributed by atoms with Gasteiger partial charge < -0.3 is 10.0 Å². The van der Waals surface area contributed by atoms with Crippen molar-refractivity contribution >= 4 is 5.91 Å². The molecule has 0 heterocycles. The normalized spacial score (nSPS) is 17.2. The van der Waals surface area contributed by atoms with Gasteiger partial charge in [0.05, 0.1) is 11.0 Å². The molecule has 0 spiro atoms. The molecule has 0 radical (unpaired) electrons. The third kappa shape index (κ3) is 3.26. The molecular formula is C17H24FNO2. The molecule has 0 bridgehead atoms. The summed E-state index contributed by atoms with van der Waals surface area (Å²) in [6.07, 6.45) is 2.59. The molecule has 0 aliphatic heterocycles. The van der Waals surface area contributed by atoms with Crippen molar-refractivity contribution in [3.8, 4) is 0 Å². The first-order valence-corrected chi connectivity index (χ1v) is 7.56. The zero-order valence-electron chi connectivity index (χ0n) is 13.0. The van der Waals surface area contributed by atoms with Crippen molar-refractivity contribution in [1.82, 2.24) is 4.90 Å². The predicted molar refractivity (Wildman–Crippen MR) is 80.5 cm³/mol. The molecule has 3 nitrogen and oxygen atoms in total. The van der Waals surface area contributed by atoms with Crippen LogP contribution in [0.5, 0.6) is 0 Å². The highest BCUT2D eigenvalue weighted by Gasteiger charge is 2.47. The standard InChI is InChI=1S/C17H24FNO2/c1-4-19(12-16(2,3)21)15(20)17(10-5-11-17)13-6-8-14(18)9-7-13/h6-9,21H,4-5,10-12H2,1-3H3. The summed E-state index contributed by atoms with van der Waals surface area (Å²) in [7, 11) is 0. The van der Waals surface area contributed by atoms with Gasteiger partial charge in [-0.05, 0) is 51.3 Å². The lowest BCUT2D eigenvalue weighted by atomic mass is 9.63. The highest BCUT2D eigenvalue weighted by Crippen LogP contribution is 2.45. The Morgan fingerprint density at radius 2 is 1.90 bits per heavy atom. The molecular weight excluding hydrogens is 269 g/mol. The maximum atomic E-state index is 13.1. The van der Waals surface area contributed by atoms with Gasteiger partial charge >= 0.3 is 0 Å². The van der Waals surface area contributed by atoms with E-state index in [-0.39, 0.29) is 11.7 Å². The summed E-state index contributed by atoms with van der Waals surface area (Å²) in [6.45, 7) is 6.19. The molecule has 116 valence electrons. The highest BCUT2D eigenvalue weighted by molar-refractivity contribution is 5.89. The zero-order valence-corrected chi connectivity index (χ0v) is 13.0. The van der Waals surface area contributed by atoms with Gasteiger partial charge in [0.25, 0.3) is 0 Å². The number of hydrogen-bond donors (Lipinski definition) is 1. The minimum Gasteiger partial charge on any atom is -0.389 e. The van der Waals surface area contributed by atoms with E-state index in [0.29, 0.717) is 13.1 Å². The van der Waals surface area contributed by atoms with E-state index in [1.54, 1.807) is 30.9 Å². The Morgan fingerprint density at radius 3 is 2.29 bits per heavy atom. The summed E-state index contributed by atoms with van der Waals surface area (Å²) in [5, 5.41) is 9.99. The van der Waals surface area contributed by atoms with Crippen LogP contribution in [-0.2, 0) is 10.2 Å². The number of halogens is 1. The molecule has 1 N–H and O–H groups in total. The first-order chi connectivity index (χ1) is 9.78. The van der Waals surface area contributed by atoms with Crippen molar-refractivity contribution in [3.05, 3.63) is 35.6 Å². The number of carbonyl (C=O) groups is 1. The van der Waals surface area contributed by atoms with Crippen molar-refractivity contribution < 1.29 is 14.3 Å². The van der Waals surface area contributed by atoms with Gasteiger partial charge in [-0.15, -0.1) is 0 Å². The number of aliphatic hydroxyl groups is 1. The number of likely N-dealkylation sites (N-methyl/N-ethyl adjacent to an activating group) is 1. The number of nitrogens with zero attached hydrogens (tertiary/aromatic N) is 1. The van der Waals surface area contributed by atoms with E-state index in [1.807, 2.05) is 6.92 Å². The Labute approximate surface area is 125 Å². The molecule has 1 aromatic rings. The molecule has 1 amide bonds. The van der Waals surface area contributed by atoms with Crippen LogP contribution in [0.15, 0.2) is 24.3 Å². The van der Waals surface area contributed by atoms with Gasteiger partial charge in [-0.2, -0.15) is 0 Å². The lowest BCUT2D eigenvalue weighted by molar-refractivity contribution is -0.143. The maximum absolute atomic E-state index is 13.1. The lowest BCUT2D eigenvalue weighted by Gasteiger charge is -2.44. The SMILES string of the molecule is CCN(CC(C)(C)O)C(=O)C1(c2ccc(F)cc2)CCC1. The first kappa shape index (κ1) is 16.0. The second-order valence-corrected chi connectivity index (χ2v) is 6.57. The van der Waals surface area contributed by atoms with E-state index in [2.05, 4.69) is 0 Å². The quantitative estimate of drug-likeness (QED) is 0.907. The van der Waals surface area contributed by atoms with Crippen LogP contribution in [-0.4, -0.2) is 34.6 Å². The van der Waals surface area contributed by atoms with E-state index in [0.717, 1.165) is 24.8 Å². The lowest BCUT2D eigenvalue weighted by Crippen LogP contribution is -2.54. The Balaban J connectivity index is 2.27. The summed E-state index contributed by atoms with van der Waals surface area (Å²) >= 11 is 0. The monoisotopic (exact) mass is 293 g/mol. The van der Waals surface area contributed by atoms with Gasteiger partial charge in [0.15, 0.2) is 0 Å². The number of benzene rings is 1. The molecule has 0 aromatic heterocycles. The molecule has 1 aliphatic rings. The number of carbonyl (C=O) groups excluding carboxylic acids is 1. The fourth-order valence-electron chi connectivity index (χ4n) is 3.02. The maximum Gasteiger partial charge on any atom is 0.233 e. The molecule has 1 saturated carbocycles. The van der Waals surface area contributed by atoms with Gasteiger partial charge in [0.2, 0.25) is 5.91 Å². The smallest absolute Gasteiger partial charge is 0.233 e. The molecule has 0 unspecified atom stereocenters. The van der Waals surface area contributed by atoms with Crippen LogP contribution in [0.3, 0.4) is 0 Å². The number of hydrogen-bond acceptors (Lipinski definition) is 2. The summed E-state index contributed by atoms with van der Waals surface area (Å²) in [5.41, 5.74) is -0.566. The van der Waals surface area contributed by atoms with Crippen LogP contribution in [0.2, 0.25) is 0 Å². The summed E-state index contributed by atoms with van der Waals surface area (Å²) in [6, 6.07) is 6.25. The van der Waals surface area contributed by atoms with E-state index >= 15 is 0 Å². The van der Waals surface area contributed by atoms with Gasteiger partial charge in [-0.1, -0.05) is 18.6 Å². The van der Waals surface area contributed by atoms with Crippen LogP contribution in [0, 0.1) is 5.82 Å². The number of amides is 1. The third-order valence-electron chi connectivity index (χ3n) is 4.26. The van der Waals surface area contributed by atoms with Crippen LogP contribution in [0.4, 0.5) is 4.39 Å². The molecule has 2 rings (SSSR count). The fourth-order valence-corrected chi connectivity index (χ4v) is 3.02. The number of rotatable bonds is 5. The average Bonchev–Trinajstić information content (AvgIpc) is 2.35. The zero-order chi connectivity index (χ0) is 15.7. The average molecular weight is 293 g/mol. The molecule has 4 heteroatoms. The molecule has 0 saturated heterocycles. The Morgan fingerprint density at radius 1 is 1.33 bits per heavy atom. The van der Waals surface area contributed by atoms with Crippen molar-refractivity contribution in [1.29, 1.82) is 0 Å². The Bertz CT molecular complexity index is 501. The summed E-state index contributed by atoms with van der Waals surface area (Å²) in [5.74, 6) is -0.241. The summed E-state index contributed by atoms with van der Waals surface area (Å²) < 4.78 is 13.1. The Kier molecular flexibility index (Phi) is 4.38. The third-order valence-corrected chi connectivity index (χ3v) is 4.26. The van der Waals surface area contributed by atoms with Crippen LogP contribution in [0.25, 0.3) is 0 Å². The van der Waals surface area contributed by atoms with E-state index in [4.69, 9.17) is 0 Å². The van der Waals surface area contributed by atoms with E-state index < -0.39 is 11.0 Å². The first-order valence-electron chi connectivity index (χ1n) is 7.56. The van der Waals surface area contributed by atoms with Crippen molar-refractivity contribution in [2.75, 3.05) is 13.1 Å². The molecule has 1 aromatic carbocycles. The minimum atomic E-state index is -0.917. The van der Waals surface area contributed by atoms with Crippen LogP contribution in [0.1, 0.15) is 45.6 Å². The van der Waals surface area contributed by atoms with E-state index in [9.17, 15) is 14.3 Å². The highest BCUT2D eigenvalue weighted by atomic mass is 19.1.